The zero-order valence-electron chi connectivity index (χ0n) is 15.4. The lowest BCUT2D eigenvalue weighted by Gasteiger charge is -2.32. The summed E-state index contributed by atoms with van der Waals surface area (Å²) in [7, 11) is 0. The van der Waals surface area contributed by atoms with Gasteiger partial charge in [0.2, 0.25) is 11.7 Å². The molecular formula is C20H20F3N3O2. The van der Waals surface area contributed by atoms with Gasteiger partial charge in [0, 0.05) is 18.7 Å². The van der Waals surface area contributed by atoms with Gasteiger partial charge < -0.3 is 4.90 Å². The van der Waals surface area contributed by atoms with Gasteiger partial charge in [-0.15, -0.1) is 0 Å². The van der Waals surface area contributed by atoms with Gasteiger partial charge in [-0.3, -0.25) is 14.3 Å². The van der Waals surface area contributed by atoms with Crippen LogP contribution in [0.2, 0.25) is 0 Å². The maximum absolute atomic E-state index is 12.9. The summed E-state index contributed by atoms with van der Waals surface area (Å²) < 4.78 is 39.8. The van der Waals surface area contributed by atoms with Crippen LogP contribution >= 0.6 is 0 Å². The summed E-state index contributed by atoms with van der Waals surface area (Å²) >= 11 is 0. The number of carbonyl (C=O) groups excluding carboxylic acids is 2. The Hall–Kier alpha value is -2.90. The molecule has 28 heavy (non-hydrogen) atoms. The third-order valence-corrected chi connectivity index (χ3v) is 4.86. The number of benzene rings is 1. The number of carbonyl (C=O) groups is 2. The summed E-state index contributed by atoms with van der Waals surface area (Å²) in [4.78, 5) is 26.3. The fraction of sp³-hybridized carbons (Fsp3) is 0.350. The molecule has 8 heteroatoms. The number of aryl methyl sites for hydroxylation is 1. The molecule has 1 saturated heterocycles. The Morgan fingerprint density at radius 2 is 1.79 bits per heavy atom. The molecule has 0 unspecified atom stereocenters. The predicted octanol–water partition coefficient (Wildman–Crippen LogP) is 3.79. The molecule has 1 amide bonds. The second-order valence-corrected chi connectivity index (χ2v) is 6.78. The van der Waals surface area contributed by atoms with Crippen molar-refractivity contribution in [3.05, 3.63) is 65.5 Å². The van der Waals surface area contributed by atoms with Crippen LogP contribution in [-0.4, -0.2) is 39.5 Å². The van der Waals surface area contributed by atoms with Crippen molar-refractivity contribution in [1.29, 1.82) is 0 Å². The number of aromatic nitrogens is 2. The van der Waals surface area contributed by atoms with Crippen LogP contribution < -0.4 is 0 Å². The number of hydrogen-bond donors (Lipinski definition) is 0. The van der Waals surface area contributed by atoms with Crippen molar-refractivity contribution in [2.45, 2.75) is 32.0 Å². The molecule has 1 aromatic heterocycles. The molecule has 0 bridgehead atoms. The average Bonchev–Trinajstić information content (AvgIpc) is 3.08. The topological polar surface area (TPSA) is 55.2 Å². The number of alkyl halides is 3. The molecule has 0 aliphatic carbocycles. The normalized spacial score (nSPS) is 15.5. The van der Waals surface area contributed by atoms with Crippen molar-refractivity contribution in [2.24, 2.45) is 0 Å². The summed E-state index contributed by atoms with van der Waals surface area (Å²) in [6.07, 6.45) is -1.91. The molecule has 1 fully saturated rings. The Labute approximate surface area is 160 Å². The van der Waals surface area contributed by atoms with Crippen molar-refractivity contribution in [3.8, 4) is 0 Å². The molecule has 2 heterocycles. The smallest absolute Gasteiger partial charge is 0.339 e. The molecule has 1 aromatic carbocycles. The molecule has 0 saturated carbocycles. The van der Waals surface area contributed by atoms with E-state index >= 15 is 0 Å². The van der Waals surface area contributed by atoms with Crippen LogP contribution in [0.15, 0.2) is 43.0 Å². The third-order valence-electron chi connectivity index (χ3n) is 4.86. The number of nitrogens with zero attached hydrogens (tertiary/aromatic N) is 3. The quantitative estimate of drug-likeness (QED) is 0.589. The van der Waals surface area contributed by atoms with Gasteiger partial charge in [-0.05, 0) is 44.0 Å². The van der Waals surface area contributed by atoms with Gasteiger partial charge >= 0.3 is 6.18 Å². The van der Waals surface area contributed by atoms with Gasteiger partial charge in [-0.25, -0.2) is 0 Å². The SMILES string of the molecule is C=CC(=O)N1CCC(n2nc(C)cc2C(=O)c2ccc(C(F)(F)F)cc2)CC1. The van der Waals surface area contributed by atoms with E-state index in [1.807, 2.05) is 0 Å². The first-order valence-electron chi connectivity index (χ1n) is 8.90. The highest BCUT2D eigenvalue weighted by Crippen LogP contribution is 2.30. The summed E-state index contributed by atoms with van der Waals surface area (Å²) in [5.74, 6) is -0.505. The minimum Gasteiger partial charge on any atom is -0.339 e. The number of halogens is 3. The maximum atomic E-state index is 12.9. The minimum atomic E-state index is -4.45. The Morgan fingerprint density at radius 3 is 2.32 bits per heavy atom. The first-order valence-corrected chi connectivity index (χ1v) is 8.90. The van der Waals surface area contributed by atoms with Gasteiger partial charge in [0.25, 0.3) is 0 Å². The molecule has 0 radical (unpaired) electrons. The molecule has 0 N–H and O–H groups in total. The number of piperidine rings is 1. The van der Waals surface area contributed by atoms with Crippen LogP contribution in [0.3, 0.4) is 0 Å². The fourth-order valence-corrected chi connectivity index (χ4v) is 3.38. The fourth-order valence-electron chi connectivity index (χ4n) is 3.38. The third kappa shape index (κ3) is 4.00. The molecule has 3 rings (SSSR count). The molecule has 0 spiro atoms. The van der Waals surface area contributed by atoms with E-state index in [1.54, 1.807) is 22.6 Å². The number of amides is 1. The van der Waals surface area contributed by atoms with Gasteiger partial charge in [0.15, 0.2) is 0 Å². The zero-order chi connectivity index (χ0) is 20.5. The van der Waals surface area contributed by atoms with Crippen LogP contribution in [0.5, 0.6) is 0 Å². The van der Waals surface area contributed by atoms with Crippen LogP contribution in [0.1, 0.15) is 46.2 Å². The second-order valence-electron chi connectivity index (χ2n) is 6.78. The van der Waals surface area contributed by atoms with Gasteiger partial charge in [-0.2, -0.15) is 18.3 Å². The molecule has 2 aromatic rings. The van der Waals surface area contributed by atoms with Crippen LogP contribution in [-0.2, 0) is 11.0 Å². The largest absolute Gasteiger partial charge is 0.416 e. The Kier molecular flexibility index (Phi) is 5.40. The van der Waals surface area contributed by atoms with Crippen molar-refractivity contribution in [1.82, 2.24) is 14.7 Å². The molecule has 0 atom stereocenters. The number of likely N-dealkylation sites (tertiary alicyclic amines) is 1. The van der Waals surface area contributed by atoms with E-state index in [-0.39, 0.29) is 23.3 Å². The molecule has 5 nitrogen and oxygen atoms in total. The monoisotopic (exact) mass is 391 g/mol. The highest BCUT2D eigenvalue weighted by atomic mass is 19.4. The van der Waals surface area contributed by atoms with E-state index in [4.69, 9.17) is 0 Å². The highest BCUT2D eigenvalue weighted by Gasteiger charge is 2.31. The lowest BCUT2D eigenvalue weighted by molar-refractivity contribution is -0.137. The van der Waals surface area contributed by atoms with E-state index in [9.17, 15) is 22.8 Å². The van der Waals surface area contributed by atoms with Crippen molar-refractivity contribution < 1.29 is 22.8 Å². The molecule has 1 aliphatic heterocycles. The van der Waals surface area contributed by atoms with Gasteiger partial charge in [-0.1, -0.05) is 18.7 Å². The minimum absolute atomic E-state index is 0.0593. The van der Waals surface area contributed by atoms with Crippen LogP contribution in [0.4, 0.5) is 13.2 Å². The highest BCUT2D eigenvalue weighted by molar-refractivity contribution is 6.08. The number of ketones is 1. The van der Waals surface area contributed by atoms with E-state index in [1.165, 1.54) is 18.2 Å². The Balaban J connectivity index is 1.81. The van der Waals surface area contributed by atoms with Crippen LogP contribution in [0, 0.1) is 6.92 Å². The predicted molar refractivity (Wildman–Crippen MR) is 96.9 cm³/mol. The second kappa shape index (κ2) is 7.61. The summed E-state index contributed by atoms with van der Waals surface area (Å²) in [5, 5.41) is 4.42. The Morgan fingerprint density at radius 1 is 1.18 bits per heavy atom. The summed E-state index contributed by atoms with van der Waals surface area (Å²) in [6.45, 7) is 6.31. The standard InChI is InChI=1S/C20H20F3N3O2/c1-3-18(27)25-10-8-16(9-11-25)26-17(12-13(2)24-26)19(28)14-4-6-15(7-5-14)20(21,22)23/h3-7,12,16H,1,8-11H2,2H3. The Bertz CT molecular complexity index is 892. The number of rotatable bonds is 4. The van der Waals surface area contributed by atoms with Crippen molar-refractivity contribution >= 4 is 11.7 Å². The van der Waals surface area contributed by atoms with Gasteiger partial charge in [0.05, 0.1) is 17.3 Å². The van der Waals surface area contributed by atoms with E-state index in [0.717, 1.165) is 12.1 Å². The first kappa shape index (κ1) is 19.9. The van der Waals surface area contributed by atoms with Gasteiger partial charge in [0.1, 0.15) is 5.69 Å². The number of hydrogen-bond acceptors (Lipinski definition) is 3. The first-order chi connectivity index (χ1) is 13.2. The lowest BCUT2D eigenvalue weighted by Crippen LogP contribution is -2.38. The van der Waals surface area contributed by atoms with Crippen LogP contribution in [0.25, 0.3) is 0 Å². The maximum Gasteiger partial charge on any atom is 0.416 e. The summed E-state index contributed by atoms with van der Waals surface area (Å²) in [5.41, 5.74) is 0.368. The molecular weight excluding hydrogens is 371 g/mol. The van der Waals surface area contributed by atoms with Crippen molar-refractivity contribution in [2.75, 3.05) is 13.1 Å². The van der Waals surface area contributed by atoms with E-state index in [0.29, 0.717) is 37.3 Å². The van der Waals surface area contributed by atoms with E-state index in [2.05, 4.69) is 11.7 Å². The lowest BCUT2D eigenvalue weighted by atomic mass is 10.0. The molecule has 148 valence electrons. The summed E-state index contributed by atoms with van der Waals surface area (Å²) in [6, 6.07) is 5.75. The van der Waals surface area contributed by atoms with Crippen molar-refractivity contribution in [3.63, 3.8) is 0 Å². The average molecular weight is 391 g/mol. The molecule has 1 aliphatic rings. The van der Waals surface area contributed by atoms with E-state index < -0.39 is 11.7 Å². The zero-order valence-corrected chi connectivity index (χ0v) is 15.4.